The van der Waals surface area contributed by atoms with E-state index in [4.69, 9.17) is 5.14 Å². The van der Waals surface area contributed by atoms with Gasteiger partial charge in [-0.3, -0.25) is 4.79 Å². The number of aromatic nitrogens is 3. The van der Waals surface area contributed by atoms with Gasteiger partial charge in [-0.15, -0.1) is 0 Å². The van der Waals surface area contributed by atoms with Crippen molar-refractivity contribution < 1.29 is 13.2 Å². The summed E-state index contributed by atoms with van der Waals surface area (Å²) >= 11 is 0. The van der Waals surface area contributed by atoms with Crippen molar-refractivity contribution in [1.82, 2.24) is 14.8 Å². The van der Waals surface area contributed by atoms with Gasteiger partial charge >= 0.3 is 0 Å². The molecule has 9 heteroatoms. The summed E-state index contributed by atoms with van der Waals surface area (Å²) in [6.07, 6.45) is 3.38. The number of hydrogen-bond donors (Lipinski definition) is 2. The number of ketones is 1. The normalized spacial score (nSPS) is 17.3. The van der Waals surface area contributed by atoms with Gasteiger partial charge in [0.1, 0.15) is 17.0 Å². The summed E-state index contributed by atoms with van der Waals surface area (Å²) in [5, 5.41) is 12.7. The Morgan fingerprint density at radius 3 is 2.96 bits per heavy atom. The maximum atomic E-state index is 11.9. The summed E-state index contributed by atoms with van der Waals surface area (Å²) < 4.78 is 25.6. The number of rotatable bonds is 5. The number of carbonyl (C=O) groups excluding carboxylic acids is 1. The lowest BCUT2D eigenvalue weighted by molar-refractivity contribution is 0.0988. The molecule has 8 nitrogen and oxygen atoms in total. The molecule has 1 aliphatic heterocycles. The minimum Gasteiger partial charge on any atom is -0.379 e. The molecule has 3 N–H and O–H groups in total. The maximum Gasteiger partial charge on any atom is 0.240 e. The Kier molecular flexibility index (Phi) is 4.37. The molecule has 24 heavy (non-hydrogen) atoms. The summed E-state index contributed by atoms with van der Waals surface area (Å²) in [4.78, 5) is 15.9. The number of sulfonamides is 1. The van der Waals surface area contributed by atoms with E-state index in [0.29, 0.717) is 24.2 Å². The van der Waals surface area contributed by atoms with E-state index in [2.05, 4.69) is 15.4 Å². The molecule has 2 heterocycles. The van der Waals surface area contributed by atoms with Gasteiger partial charge < -0.3 is 5.32 Å². The number of aryl methyl sites for hydroxylation is 1. The van der Waals surface area contributed by atoms with E-state index < -0.39 is 10.0 Å². The van der Waals surface area contributed by atoms with Gasteiger partial charge in [0.25, 0.3) is 0 Å². The van der Waals surface area contributed by atoms with Gasteiger partial charge in [0.05, 0.1) is 12.2 Å². The number of nitrogens with two attached hydrogens (primary N) is 1. The third-order valence-electron chi connectivity index (χ3n) is 4.10. The van der Waals surface area contributed by atoms with E-state index in [0.717, 1.165) is 18.7 Å². The van der Waals surface area contributed by atoms with E-state index in [9.17, 15) is 13.2 Å². The number of carbonyl (C=O) groups is 1. The van der Waals surface area contributed by atoms with Crippen molar-refractivity contribution in [2.75, 3.05) is 5.32 Å². The van der Waals surface area contributed by atoms with Crippen LogP contribution in [0.25, 0.3) is 0 Å². The molecule has 0 amide bonds. The largest absolute Gasteiger partial charge is 0.379 e. The van der Waals surface area contributed by atoms with Crippen LogP contribution in [0.1, 0.15) is 35.9 Å². The van der Waals surface area contributed by atoms with Crippen LogP contribution in [0.2, 0.25) is 0 Å². The molecule has 128 valence electrons. The predicted octanol–water partition coefficient (Wildman–Crippen LogP) is 0.945. The third-order valence-corrected chi connectivity index (χ3v) is 5.05. The number of nitrogens with zero attached hydrogens (tertiary/aromatic N) is 3. The first-order chi connectivity index (χ1) is 11.4. The average molecular weight is 349 g/mol. The highest BCUT2D eigenvalue weighted by atomic mass is 32.2. The summed E-state index contributed by atoms with van der Waals surface area (Å²) in [6.45, 7) is 2.32. The first-order valence-corrected chi connectivity index (χ1v) is 9.26. The summed E-state index contributed by atoms with van der Waals surface area (Å²) in [5.74, 6) is 0.792. The van der Waals surface area contributed by atoms with Crippen LogP contribution in [0.5, 0.6) is 0 Å². The molecule has 2 aromatic rings. The van der Waals surface area contributed by atoms with Crippen molar-refractivity contribution in [3.63, 3.8) is 0 Å². The number of hydrogen-bond acceptors (Lipinski definition) is 6. The van der Waals surface area contributed by atoms with Crippen LogP contribution in [0.15, 0.2) is 29.4 Å². The van der Waals surface area contributed by atoms with Gasteiger partial charge in [0.2, 0.25) is 10.0 Å². The SMILES string of the molecule is CCC(=O)c1ccc(NC2CCc3ncnn3C2)c(S(N)(=O)=O)c1. The van der Waals surface area contributed by atoms with Gasteiger partial charge in [0, 0.05) is 24.4 Å². The first kappa shape index (κ1) is 16.6. The zero-order valence-corrected chi connectivity index (χ0v) is 14.1. The van der Waals surface area contributed by atoms with E-state index >= 15 is 0 Å². The van der Waals surface area contributed by atoms with Crippen LogP contribution in [0.4, 0.5) is 5.69 Å². The molecule has 1 aliphatic rings. The number of fused-ring (bicyclic) bond motifs is 1. The minimum absolute atomic E-state index is 0.00688. The zero-order chi connectivity index (χ0) is 17.3. The predicted molar refractivity (Wildman–Crippen MR) is 88.2 cm³/mol. The lowest BCUT2D eigenvalue weighted by atomic mass is 10.1. The monoisotopic (exact) mass is 349 g/mol. The molecule has 0 saturated carbocycles. The number of benzene rings is 1. The van der Waals surface area contributed by atoms with E-state index in [1.165, 1.54) is 12.4 Å². The number of anilines is 1. The fourth-order valence-electron chi connectivity index (χ4n) is 2.83. The van der Waals surface area contributed by atoms with Crippen LogP contribution < -0.4 is 10.5 Å². The first-order valence-electron chi connectivity index (χ1n) is 7.71. The van der Waals surface area contributed by atoms with Gasteiger partial charge in [-0.05, 0) is 24.6 Å². The molecule has 0 aliphatic carbocycles. The standard InChI is InChI=1S/C15H19N5O3S/c1-2-13(21)10-3-5-12(14(7-10)24(16,22)23)19-11-4-6-15-17-9-18-20(15)8-11/h3,5,7,9,11,19H,2,4,6,8H2,1H3,(H2,16,22,23). The van der Waals surface area contributed by atoms with Crippen LogP contribution in [0, 0.1) is 0 Å². The molecule has 0 saturated heterocycles. The Balaban J connectivity index is 1.89. The Bertz CT molecular complexity index is 875. The number of Topliss-reactive ketones (excluding diaryl/α,β-unsaturated/α-hetero) is 1. The Morgan fingerprint density at radius 1 is 1.46 bits per heavy atom. The van der Waals surface area contributed by atoms with Crippen molar-refractivity contribution >= 4 is 21.5 Å². The molecular formula is C15H19N5O3S. The van der Waals surface area contributed by atoms with Gasteiger partial charge in [-0.25, -0.2) is 23.2 Å². The molecule has 1 unspecified atom stereocenters. The number of primary sulfonamides is 1. The summed E-state index contributed by atoms with van der Waals surface area (Å²) in [6, 6.07) is 4.56. The second-order valence-electron chi connectivity index (χ2n) is 5.77. The fourth-order valence-corrected chi connectivity index (χ4v) is 3.55. The van der Waals surface area contributed by atoms with Gasteiger partial charge in [-0.1, -0.05) is 6.92 Å². The second kappa shape index (κ2) is 6.33. The van der Waals surface area contributed by atoms with Crippen molar-refractivity contribution in [3.8, 4) is 0 Å². The quantitative estimate of drug-likeness (QED) is 0.775. The molecule has 1 aromatic carbocycles. The van der Waals surface area contributed by atoms with Crippen LogP contribution in [-0.4, -0.2) is 35.0 Å². The van der Waals surface area contributed by atoms with Gasteiger partial charge in [0.15, 0.2) is 5.78 Å². The summed E-state index contributed by atoms with van der Waals surface area (Å²) in [5.41, 5.74) is 0.744. The third kappa shape index (κ3) is 3.31. The van der Waals surface area contributed by atoms with E-state index in [1.54, 1.807) is 23.7 Å². The van der Waals surface area contributed by atoms with Gasteiger partial charge in [-0.2, -0.15) is 5.10 Å². The van der Waals surface area contributed by atoms with Crippen molar-refractivity contribution in [2.24, 2.45) is 5.14 Å². The topological polar surface area (TPSA) is 120 Å². The zero-order valence-electron chi connectivity index (χ0n) is 13.3. The maximum absolute atomic E-state index is 11.9. The Labute approximate surface area is 140 Å². The van der Waals surface area contributed by atoms with E-state index in [1.807, 2.05) is 0 Å². The molecule has 0 radical (unpaired) electrons. The molecule has 3 rings (SSSR count). The fraction of sp³-hybridized carbons (Fsp3) is 0.400. The van der Waals surface area contributed by atoms with Crippen molar-refractivity contribution in [2.45, 2.75) is 43.7 Å². The van der Waals surface area contributed by atoms with Crippen molar-refractivity contribution in [3.05, 3.63) is 35.9 Å². The van der Waals surface area contributed by atoms with Crippen LogP contribution >= 0.6 is 0 Å². The molecule has 0 fully saturated rings. The molecule has 0 spiro atoms. The Morgan fingerprint density at radius 2 is 2.25 bits per heavy atom. The van der Waals surface area contributed by atoms with Crippen LogP contribution in [0.3, 0.4) is 0 Å². The molecule has 0 bridgehead atoms. The molecule has 1 atom stereocenters. The highest BCUT2D eigenvalue weighted by molar-refractivity contribution is 7.89. The summed E-state index contributed by atoms with van der Waals surface area (Å²) in [7, 11) is -3.95. The highest BCUT2D eigenvalue weighted by Crippen LogP contribution is 2.25. The smallest absolute Gasteiger partial charge is 0.240 e. The van der Waals surface area contributed by atoms with E-state index in [-0.39, 0.29) is 16.7 Å². The number of nitrogens with one attached hydrogen (secondary N) is 1. The molecular weight excluding hydrogens is 330 g/mol. The van der Waals surface area contributed by atoms with Crippen molar-refractivity contribution in [1.29, 1.82) is 0 Å². The lowest BCUT2D eigenvalue weighted by Crippen LogP contribution is -2.32. The minimum atomic E-state index is -3.95. The molecule has 1 aromatic heterocycles. The lowest BCUT2D eigenvalue weighted by Gasteiger charge is -2.25. The highest BCUT2D eigenvalue weighted by Gasteiger charge is 2.23. The average Bonchev–Trinajstić information content (AvgIpc) is 3.01. The van der Waals surface area contributed by atoms with Crippen LogP contribution in [-0.2, 0) is 23.0 Å². The second-order valence-corrected chi connectivity index (χ2v) is 7.30. The Hall–Kier alpha value is -2.26.